The maximum Gasteiger partial charge on any atom is 0.272 e. The second-order valence-corrected chi connectivity index (χ2v) is 6.25. The van der Waals surface area contributed by atoms with Crippen LogP contribution in [0.4, 0.5) is 5.69 Å². The van der Waals surface area contributed by atoms with E-state index in [0.29, 0.717) is 11.1 Å². The van der Waals surface area contributed by atoms with Crippen molar-refractivity contribution in [3.8, 4) is 0 Å². The van der Waals surface area contributed by atoms with Crippen molar-refractivity contribution >= 4 is 11.6 Å². The molecule has 1 amide bonds. The number of nitrogens with one attached hydrogen (secondary N) is 1. The molecule has 0 spiro atoms. The first-order chi connectivity index (χ1) is 11.2. The molecule has 1 atom stereocenters. The Labute approximate surface area is 141 Å². The minimum absolute atomic E-state index is 0.0182. The molecular formula is C19H22N2O3. The molecule has 0 aliphatic heterocycles. The Morgan fingerprint density at radius 1 is 1.00 bits per heavy atom. The van der Waals surface area contributed by atoms with Crippen molar-refractivity contribution in [2.45, 2.75) is 40.7 Å². The van der Waals surface area contributed by atoms with Gasteiger partial charge in [-0.1, -0.05) is 12.1 Å². The van der Waals surface area contributed by atoms with Gasteiger partial charge in [0, 0.05) is 17.2 Å². The second kappa shape index (κ2) is 6.83. The van der Waals surface area contributed by atoms with Gasteiger partial charge in [-0.25, -0.2) is 0 Å². The van der Waals surface area contributed by atoms with Crippen LogP contribution in [0.1, 0.15) is 51.1 Å². The highest BCUT2D eigenvalue weighted by Gasteiger charge is 2.17. The van der Waals surface area contributed by atoms with Gasteiger partial charge in [0.05, 0.1) is 11.0 Å². The first-order valence-electron chi connectivity index (χ1n) is 7.84. The Balaban J connectivity index is 2.22. The average molecular weight is 326 g/mol. The Kier molecular flexibility index (Phi) is 5.02. The minimum Gasteiger partial charge on any atom is -0.346 e. The number of rotatable bonds is 4. The Morgan fingerprint density at radius 2 is 1.62 bits per heavy atom. The summed E-state index contributed by atoms with van der Waals surface area (Å²) in [5.41, 5.74) is 5.53. The van der Waals surface area contributed by atoms with Crippen molar-refractivity contribution in [2.75, 3.05) is 0 Å². The molecule has 2 aromatic rings. The lowest BCUT2D eigenvalue weighted by atomic mass is 9.96. The van der Waals surface area contributed by atoms with E-state index in [0.717, 1.165) is 11.1 Å². The summed E-state index contributed by atoms with van der Waals surface area (Å²) in [7, 11) is 0. The number of hydrogen-bond donors (Lipinski definition) is 1. The van der Waals surface area contributed by atoms with Gasteiger partial charge in [0.1, 0.15) is 0 Å². The van der Waals surface area contributed by atoms with Crippen LogP contribution in [-0.4, -0.2) is 10.8 Å². The topological polar surface area (TPSA) is 72.2 Å². The molecule has 5 heteroatoms. The highest BCUT2D eigenvalue weighted by atomic mass is 16.6. The van der Waals surface area contributed by atoms with Crippen molar-refractivity contribution in [1.82, 2.24) is 5.32 Å². The molecule has 0 radical (unpaired) electrons. The zero-order chi connectivity index (χ0) is 18.0. The van der Waals surface area contributed by atoms with Gasteiger partial charge < -0.3 is 5.32 Å². The van der Waals surface area contributed by atoms with Crippen LogP contribution in [0.5, 0.6) is 0 Å². The van der Waals surface area contributed by atoms with Crippen LogP contribution in [0, 0.1) is 37.8 Å². The predicted molar refractivity (Wildman–Crippen MR) is 94.4 cm³/mol. The molecule has 0 aliphatic carbocycles. The third-order valence-electron chi connectivity index (χ3n) is 4.35. The fourth-order valence-electron chi connectivity index (χ4n) is 2.81. The summed E-state index contributed by atoms with van der Waals surface area (Å²) in [6.45, 7) is 9.71. The highest BCUT2D eigenvalue weighted by molar-refractivity contribution is 5.95. The van der Waals surface area contributed by atoms with E-state index in [1.807, 2.05) is 20.8 Å². The highest BCUT2D eigenvalue weighted by Crippen LogP contribution is 2.23. The van der Waals surface area contributed by atoms with E-state index in [-0.39, 0.29) is 17.6 Å². The van der Waals surface area contributed by atoms with E-state index < -0.39 is 4.92 Å². The maximum atomic E-state index is 12.4. The Morgan fingerprint density at radius 3 is 2.21 bits per heavy atom. The molecule has 0 saturated heterocycles. The van der Waals surface area contributed by atoms with Crippen LogP contribution in [0.15, 0.2) is 30.3 Å². The number of hydrogen-bond acceptors (Lipinski definition) is 3. The number of amides is 1. The summed E-state index contributed by atoms with van der Waals surface area (Å²) in [6.07, 6.45) is 0. The smallest absolute Gasteiger partial charge is 0.272 e. The van der Waals surface area contributed by atoms with Gasteiger partial charge in [-0.3, -0.25) is 14.9 Å². The zero-order valence-corrected chi connectivity index (χ0v) is 14.6. The van der Waals surface area contributed by atoms with Gasteiger partial charge in [-0.15, -0.1) is 0 Å². The molecule has 0 saturated carbocycles. The molecule has 0 bridgehead atoms. The molecule has 24 heavy (non-hydrogen) atoms. The summed E-state index contributed by atoms with van der Waals surface area (Å²) in [5, 5.41) is 13.8. The van der Waals surface area contributed by atoms with Crippen LogP contribution in [0.2, 0.25) is 0 Å². The molecule has 2 rings (SSSR count). The number of benzene rings is 2. The number of nitro groups is 1. The molecule has 0 heterocycles. The summed E-state index contributed by atoms with van der Waals surface area (Å²) >= 11 is 0. The predicted octanol–water partition coefficient (Wildman–Crippen LogP) is 4.32. The number of carbonyl (C=O) groups is 1. The van der Waals surface area contributed by atoms with Crippen molar-refractivity contribution < 1.29 is 9.72 Å². The molecule has 0 aliphatic rings. The van der Waals surface area contributed by atoms with E-state index in [1.165, 1.54) is 23.3 Å². The molecule has 2 aromatic carbocycles. The first kappa shape index (κ1) is 17.7. The minimum atomic E-state index is -0.446. The molecule has 0 fully saturated rings. The number of aryl methyl sites for hydroxylation is 4. The largest absolute Gasteiger partial charge is 0.346 e. The number of nitro benzene ring substituents is 1. The van der Waals surface area contributed by atoms with Gasteiger partial charge in [0.15, 0.2) is 0 Å². The lowest BCUT2D eigenvalue weighted by Gasteiger charge is -2.18. The standard InChI is InChI=1S/C19H22N2O3/c1-11-8-13(3)17(10-12(11)2)15(5)20-19(22)16-6-7-18(21(23)24)14(4)9-16/h6-10,15H,1-5H3,(H,20,22)/t15-/m1/s1. The van der Waals surface area contributed by atoms with E-state index in [4.69, 9.17) is 0 Å². The van der Waals surface area contributed by atoms with Crippen molar-refractivity contribution in [3.05, 3.63) is 73.8 Å². The van der Waals surface area contributed by atoms with Gasteiger partial charge in [0.25, 0.3) is 11.6 Å². The van der Waals surface area contributed by atoms with Gasteiger partial charge in [0.2, 0.25) is 0 Å². The number of carbonyl (C=O) groups excluding carboxylic acids is 1. The van der Waals surface area contributed by atoms with Crippen molar-refractivity contribution in [2.24, 2.45) is 0 Å². The maximum absolute atomic E-state index is 12.4. The Hall–Kier alpha value is -2.69. The van der Waals surface area contributed by atoms with E-state index in [2.05, 4.69) is 24.4 Å². The molecule has 1 N–H and O–H groups in total. The summed E-state index contributed by atoms with van der Waals surface area (Å²) in [4.78, 5) is 22.9. The van der Waals surface area contributed by atoms with Crippen molar-refractivity contribution in [1.29, 1.82) is 0 Å². The lowest BCUT2D eigenvalue weighted by Crippen LogP contribution is -2.27. The normalized spacial score (nSPS) is 11.9. The van der Waals surface area contributed by atoms with Crippen LogP contribution in [-0.2, 0) is 0 Å². The van der Waals surface area contributed by atoms with Crippen LogP contribution < -0.4 is 5.32 Å². The van der Waals surface area contributed by atoms with Gasteiger partial charge in [-0.05, 0) is 69.0 Å². The first-order valence-corrected chi connectivity index (χ1v) is 7.84. The van der Waals surface area contributed by atoms with E-state index in [9.17, 15) is 14.9 Å². The lowest BCUT2D eigenvalue weighted by molar-refractivity contribution is -0.385. The third kappa shape index (κ3) is 3.62. The monoisotopic (exact) mass is 326 g/mol. The average Bonchev–Trinajstić information content (AvgIpc) is 2.50. The quantitative estimate of drug-likeness (QED) is 0.672. The SMILES string of the molecule is Cc1cc(C)c([C@@H](C)NC(=O)c2ccc([N+](=O)[O-])c(C)c2)cc1C. The van der Waals surface area contributed by atoms with Crippen molar-refractivity contribution in [3.63, 3.8) is 0 Å². The fraction of sp³-hybridized carbons (Fsp3) is 0.316. The Bertz CT molecular complexity index is 812. The molecule has 0 aromatic heterocycles. The summed E-state index contributed by atoms with van der Waals surface area (Å²) < 4.78 is 0. The third-order valence-corrected chi connectivity index (χ3v) is 4.35. The molecule has 5 nitrogen and oxygen atoms in total. The van der Waals surface area contributed by atoms with E-state index >= 15 is 0 Å². The number of nitrogens with zero attached hydrogens (tertiary/aromatic N) is 1. The van der Waals surface area contributed by atoms with Crippen LogP contribution >= 0.6 is 0 Å². The molecule has 0 unspecified atom stereocenters. The molecular weight excluding hydrogens is 304 g/mol. The fourth-order valence-corrected chi connectivity index (χ4v) is 2.81. The summed E-state index contributed by atoms with van der Waals surface area (Å²) in [6, 6.07) is 8.47. The van der Waals surface area contributed by atoms with Gasteiger partial charge in [-0.2, -0.15) is 0 Å². The summed E-state index contributed by atoms with van der Waals surface area (Å²) in [5.74, 6) is -0.238. The van der Waals surface area contributed by atoms with Gasteiger partial charge >= 0.3 is 0 Å². The van der Waals surface area contributed by atoms with Crippen LogP contribution in [0.3, 0.4) is 0 Å². The van der Waals surface area contributed by atoms with E-state index in [1.54, 1.807) is 13.0 Å². The van der Waals surface area contributed by atoms with Crippen LogP contribution in [0.25, 0.3) is 0 Å². The zero-order valence-electron chi connectivity index (χ0n) is 14.6. The molecule has 126 valence electrons. The second-order valence-electron chi connectivity index (χ2n) is 6.25.